The highest BCUT2D eigenvalue weighted by Gasteiger charge is 2.19. The Hall–Kier alpha value is -9.39. The summed E-state index contributed by atoms with van der Waals surface area (Å²) in [5, 5.41) is 10.4. The lowest BCUT2D eigenvalue weighted by molar-refractivity contribution is 0.735. The molecule has 4 aromatic heterocycles. The molecule has 0 radical (unpaired) electrons. The molecule has 0 spiro atoms. The second kappa shape index (κ2) is 20.0. The molecule has 0 saturated carbocycles. The Balaban J connectivity index is 0.648. The molecule has 390 valence electrons. The van der Waals surface area contributed by atoms with Gasteiger partial charge < -0.3 is 13.7 Å². The topological polar surface area (TPSA) is 14.8 Å². The zero-order valence-corrected chi connectivity index (χ0v) is 47.0. The number of unbranched alkanes of at least 4 members (excludes halogenated alkanes) is 1. The molecule has 12 aromatic carbocycles. The number of nitrogens with zero attached hydrogens (tertiary/aromatic N) is 3. The Morgan fingerprint density at radius 2 is 0.780 bits per heavy atom. The van der Waals surface area contributed by atoms with Crippen molar-refractivity contribution in [1.29, 1.82) is 0 Å². The van der Waals surface area contributed by atoms with Gasteiger partial charge in [-0.1, -0.05) is 157 Å². The summed E-state index contributed by atoms with van der Waals surface area (Å²) in [5.41, 5.74) is 20.2. The molecule has 0 unspecified atom stereocenters. The number of aromatic nitrogens is 3. The standard InChI is InChI=1S/C77H55N3S2/c1-50-17-16-27-60(77(50)59-21-5-4-20-52(59)19-3-2-18-51-33-45-75-67(47-51)68-49-56(39-46-76(68)82-75)80-71-30-13-8-24-63(71)64-25-9-14-31-72(64)80)53-34-44-74-66(48-53)65-26-10-15-32-73(65)79(74)55-37-42-58(43-38-55)81-57-40-35-54(36-41-57)78-69-28-11-6-22-61(69)62-23-7-12-29-70(62)78/h4-17,20-49H,2-3,18-19H2,1H3. The highest BCUT2D eigenvalue weighted by Crippen LogP contribution is 2.43. The van der Waals surface area contributed by atoms with Crippen LogP contribution in [0.1, 0.15) is 29.5 Å². The molecule has 5 heteroatoms. The van der Waals surface area contributed by atoms with E-state index in [4.69, 9.17) is 0 Å². The third-order valence-electron chi connectivity index (χ3n) is 17.1. The maximum absolute atomic E-state index is 2.47. The zero-order chi connectivity index (χ0) is 54.3. The van der Waals surface area contributed by atoms with Gasteiger partial charge in [0.15, 0.2) is 0 Å². The SMILES string of the molecule is Cc1cccc(-c2ccc3c(c2)c2ccccc2n3-c2ccc(Sc3ccc(-n4c5ccccc5c5ccccc54)cc3)cc2)c1-c1ccccc1CCCCc1ccc2sc3ccc(-n4c5ccccc5c5ccccc54)cc3c2c1. The summed E-state index contributed by atoms with van der Waals surface area (Å²) in [5.74, 6) is 0. The molecule has 0 bridgehead atoms. The number of thiophene rings is 1. The number of para-hydroxylation sites is 5. The normalized spacial score (nSPS) is 12.0. The molecule has 0 aliphatic heterocycles. The molecule has 16 rings (SSSR count). The number of hydrogen-bond donors (Lipinski definition) is 0. The summed E-state index contributed by atoms with van der Waals surface area (Å²) in [6, 6.07) is 99.2. The van der Waals surface area contributed by atoms with Crippen LogP contribution in [0.15, 0.2) is 277 Å². The average molecular weight is 1090 g/mol. The lowest BCUT2D eigenvalue weighted by Crippen LogP contribution is -1.96. The molecule has 0 saturated heterocycles. The molecule has 0 amide bonds. The van der Waals surface area contributed by atoms with Gasteiger partial charge in [0.25, 0.3) is 0 Å². The van der Waals surface area contributed by atoms with Crippen molar-refractivity contribution in [2.75, 3.05) is 0 Å². The fourth-order valence-electron chi connectivity index (χ4n) is 13.3. The Kier molecular flexibility index (Phi) is 11.8. The summed E-state index contributed by atoms with van der Waals surface area (Å²) in [6.45, 7) is 2.28. The Bertz CT molecular complexity index is 5040. The average Bonchev–Trinajstić information content (AvgIpc) is 4.42. The second-order valence-corrected chi connectivity index (χ2v) is 24.1. The molecule has 16 aromatic rings. The van der Waals surface area contributed by atoms with E-state index in [9.17, 15) is 0 Å². The van der Waals surface area contributed by atoms with E-state index in [1.165, 1.54) is 146 Å². The van der Waals surface area contributed by atoms with E-state index < -0.39 is 0 Å². The van der Waals surface area contributed by atoms with Crippen molar-refractivity contribution in [3.8, 4) is 39.3 Å². The first-order valence-electron chi connectivity index (χ1n) is 28.6. The van der Waals surface area contributed by atoms with Crippen LogP contribution in [-0.2, 0) is 12.8 Å². The van der Waals surface area contributed by atoms with Crippen molar-refractivity contribution in [2.24, 2.45) is 0 Å². The first-order chi connectivity index (χ1) is 40.6. The van der Waals surface area contributed by atoms with Gasteiger partial charge in [-0.15, -0.1) is 11.3 Å². The molecule has 82 heavy (non-hydrogen) atoms. The van der Waals surface area contributed by atoms with Crippen LogP contribution in [0, 0.1) is 6.92 Å². The van der Waals surface area contributed by atoms with Crippen LogP contribution in [0.4, 0.5) is 0 Å². The van der Waals surface area contributed by atoms with Crippen LogP contribution in [-0.4, -0.2) is 13.7 Å². The van der Waals surface area contributed by atoms with Gasteiger partial charge in [0.1, 0.15) is 0 Å². The van der Waals surface area contributed by atoms with Crippen molar-refractivity contribution in [3.63, 3.8) is 0 Å². The van der Waals surface area contributed by atoms with E-state index in [0.717, 1.165) is 31.4 Å². The Labute approximate surface area is 484 Å². The quantitative estimate of drug-likeness (QED) is 0.111. The van der Waals surface area contributed by atoms with Gasteiger partial charge in [-0.05, 0) is 193 Å². The third-order valence-corrected chi connectivity index (χ3v) is 19.2. The fraction of sp³-hybridized carbons (Fsp3) is 0.0649. The van der Waals surface area contributed by atoms with Crippen molar-refractivity contribution in [3.05, 3.63) is 284 Å². The van der Waals surface area contributed by atoms with Crippen molar-refractivity contribution < 1.29 is 0 Å². The Morgan fingerprint density at radius 3 is 1.37 bits per heavy atom. The first kappa shape index (κ1) is 48.5. The number of rotatable bonds is 12. The van der Waals surface area contributed by atoms with Crippen molar-refractivity contribution >= 4 is 109 Å². The van der Waals surface area contributed by atoms with Crippen LogP contribution in [0.2, 0.25) is 0 Å². The maximum atomic E-state index is 2.47. The molecule has 0 aliphatic carbocycles. The van der Waals surface area contributed by atoms with E-state index in [1.807, 2.05) is 11.3 Å². The van der Waals surface area contributed by atoms with E-state index in [2.05, 4.69) is 288 Å². The van der Waals surface area contributed by atoms with E-state index in [0.29, 0.717) is 0 Å². The maximum Gasteiger partial charge on any atom is 0.0541 e. The smallest absolute Gasteiger partial charge is 0.0541 e. The van der Waals surface area contributed by atoms with E-state index >= 15 is 0 Å². The third kappa shape index (κ3) is 8.17. The molecule has 4 heterocycles. The first-order valence-corrected chi connectivity index (χ1v) is 30.2. The predicted molar refractivity (Wildman–Crippen MR) is 352 cm³/mol. The highest BCUT2D eigenvalue weighted by atomic mass is 32.2. The predicted octanol–water partition coefficient (Wildman–Crippen LogP) is 21.7. The number of fused-ring (bicyclic) bond motifs is 12. The molecule has 3 nitrogen and oxygen atoms in total. The van der Waals surface area contributed by atoms with Crippen LogP contribution in [0.3, 0.4) is 0 Å². The Morgan fingerprint density at radius 1 is 0.329 bits per heavy atom. The van der Waals surface area contributed by atoms with Gasteiger partial charge in [0, 0.05) is 79.3 Å². The van der Waals surface area contributed by atoms with Crippen LogP contribution < -0.4 is 0 Å². The lowest BCUT2D eigenvalue weighted by atomic mass is 9.87. The van der Waals surface area contributed by atoms with E-state index in [1.54, 1.807) is 11.8 Å². The fourth-order valence-corrected chi connectivity index (χ4v) is 15.2. The number of aryl methyl sites for hydroxylation is 3. The highest BCUT2D eigenvalue weighted by molar-refractivity contribution is 7.99. The number of benzene rings is 12. The van der Waals surface area contributed by atoms with Gasteiger partial charge in [-0.3, -0.25) is 0 Å². The summed E-state index contributed by atoms with van der Waals surface area (Å²) in [6.07, 6.45) is 4.31. The monoisotopic (exact) mass is 1090 g/mol. The summed E-state index contributed by atoms with van der Waals surface area (Å²) >= 11 is 3.70. The van der Waals surface area contributed by atoms with Gasteiger partial charge >= 0.3 is 0 Å². The second-order valence-electron chi connectivity index (χ2n) is 21.9. The van der Waals surface area contributed by atoms with Gasteiger partial charge in [0.2, 0.25) is 0 Å². The summed E-state index contributed by atoms with van der Waals surface area (Å²) in [7, 11) is 0. The van der Waals surface area contributed by atoms with Crippen LogP contribution in [0.5, 0.6) is 0 Å². The molecular formula is C77H55N3S2. The van der Waals surface area contributed by atoms with Crippen molar-refractivity contribution in [1.82, 2.24) is 13.7 Å². The minimum absolute atomic E-state index is 1.02. The molecule has 0 aliphatic rings. The summed E-state index contributed by atoms with van der Waals surface area (Å²) < 4.78 is 9.92. The largest absolute Gasteiger partial charge is 0.309 e. The summed E-state index contributed by atoms with van der Waals surface area (Å²) in [4.78, 5) is 2.42. The molecule has 0 atom stereocenters. The number of hydrogen-bond acceptors (Lipinski definition) is 2. The molecule has 0 N–H and O–H groups in total. The minimum atomic E-state index is 1.02. The van der Waals surface area contributed by atoms with Gasteiger partial charge in [-0.25, -0.2) is 0 Å². The molecule has 0 fully saturated rings. The van der Waals surface area contributed by atoms with Crippen molar-refractivity contribution in [2.45, 2.75) is 42.4 Å². The zero-order valence-electron chi connectivity index (χ0n) is 45.4. The minimum Gasteiger partial charge on any atom is -0.309 e. The van der Waals surface area contributed by atoms with Gasteiger partial charge in [0.05, 0.1) is 33.1 Å². The lowest BCUT2D eigenvalue weighted by Gasteiger charge is -2.17. The van der Waals surface area contributed by atoms with Crippen LogP contribution >= 0.6 is 23.1 Å². The van der Waals surface area contributed by atoms with Gasteiger partial charge in [-0.2, -0.15) is 0 Å². The van der Waals surface area contributed by atoms with Crippen LogP contribution in [0.25, 0.3) is 125 Å². The van der Waals surface area contributed by atoms with E-state index in [-0.39, 0.29) is 0 Å². The molecular weight excluding hydrogens is 1030 g/mol.